The zero-order chi connectivity index (χ0) is 18.9. The van der Waals surface area contributed by atoms with Crippen LogP contribution in [-0.2, 0) is 28.4 Å². The van der Waals surface area contributed by atoms with Crippen molar-refractivity contribution in [1.82, 2.24) is 14.9 Å². The average Bonchev–Trinajstić information content (AvgIpc) is 2.97. The van der Waals surface area contributed by atoms with Gasteiger partial charge in [-0.05, 0) is 61.8 Å². The lowest BCUT2D eigenvalue weighted by Gasteiger charge is -2.30. The number of nitrogens with one attached hydrogen (secondary N) is 1. The van der Waals surface area contributed by atoms with Crippen LogP contribution in [0.2, 0.25) is 0 Å². The molecule has 0 spiro atoms. The monoisotopic (exact) mass is 389 g/mol. The molecule has 0 unspecified atom stereocenters. The Kier molecular flexibility index (Phi) is 5.07. The topological polar surface area (TPSA) is 85.1 Å². The lowest BCUT2D eigenvalue weighted by atomic mass is 9.91. The maximum Gasteiger partial charge on any atom is 0.241 e. The second kappa shape index (κ2) is 7.36. The predicted molar refractivity (Wildman–Crippen MR) is 102 cm³/mol. The summed E-state index contributed by atoms with van der Waals surface area (Å²) >= 11 is 0. The Balaban J connectivity index is 1.69. The Bertz CT molecular complexity index is 912. The number of hydrogen-bond donors (Lipinski definition) is 1. The summed E-state index contributed by atoms with van der Waals surface area (Å²) in [5, 5.41) is 4.09. The molecular weight excluding hydrogens is 362 g/mol. The highest BCUT2D eigenvalue weighted by atomic mass is 32.2. The number of benzene rings is 1. The number of hydrogen-bond acceptors (Lipinski definition) is 5. The molecule has 6 nitrogen and oxygen atoms in total. The van der Waals surface area contributed by atoms with Crippen LogP contribution < -0.4 is 4.72 Å². The van der Waals surface area contributed by atoms with Crippen LogP contribution in [0.15, 0.2) is 27.6 Å². The third-order valence-electron chi connectivity index (χ3n) is 5.87. The quantitative estimate of drug-likeness (QED) is 0.804. The van der Waals surface area contributed by atoms with Crippen molar-refractivity contribution in [3.05, 3.63) is 41.0 Å². The Morgan fingerprint density at radius 1 is 1.00 bits per heavy atom. The molecule has 2 aromatic rings. The van der Waals surface area contributed by atoms with Crippen molar-refractivity contribution in [3.8, 4) is 0 Å². The minimum absolute atomic E-state index is 0.340. The molecule has 2 aliphatic rings. The van der Waals surface area contributed by atoms with Crippen LogP contribution in [0.5, 0.6) is 0 Å². The average molecular weight is 390 g/mol. The van der Waals surface area contributed by atoms with E-state index in [9.17, 15) is 8.42 Å². The third kappa shape index (κ3) is 3.80. The van der Waals surface area contributed by atoms with Crippen LogP contribution in [0.1, 0.15) is 74.2 Å². The fourth-order valence-electron chi connectivity index (χ4n) is 4.39. The van der Waals surface area contributed by atoms with Gasteiger partial charge in [0.25, 0.3) is 0 Å². The number of fused-ring (bicyclic) bond motifs is 1. The maximum absolute atomic E-state index is 13.3. The molecular formula is C20H27N3O3S. The van der Waals surface area contributed by atoms with Crippen LogP contribution >= 0.6 is 0 Å². The number of aryl methyl sites for hydroxylation is 3. The second-order valence-corrected chi connectivity index (χ2v) is 9.56. The van der Waals surface area contributed by atoms with Gasteiger partial charge in [0.1, 0.15) is 0 Å². The van der Waals surface area contributed by atoms with Gasteiger partial charge in [0.05, 0.1) is 10.4 Å². The van der Waals surface area contributed by atoms with Crippen LogP contribution in [0.25, 0.3) is 0 Å². The lowest BCUT2D eigenvalue weighted by Crippen LogP contribution is -2.46. The van der Waals surface area contributed by atoms with E-state index in [1.807, 2.05) is 12.1 Å². The van der Waals surface area contributed by atoms with E-state index in [0.29, 0.717) is 29.5 Å². The van der Waals surface area contributed by atoms with E-state index >= 15 is 0 Å². The van der Waals surface area contributed by atoms with Crippen LogP contribution in [0, 0.1) is 6.92 Å². The number of nitrogens with zero attached hydrogens (tertiary/aromatic N) is 2. The molecule has 27 heavy (non-hydrogen) atoms. The fraction of sp³-hybridized carbons (Fsp3) is 0.600. The van der Waals surface area contributed by atoms with Crippen molar-refractivity contribution in [3.63, 3.8) is 0 Å². The molecule has 1 saturated carbocycles. The first-order valence-corrected chi connectivity index (χ1v) is 11.4. The van der Waals surface area contributed by atoms with Gasteiger partial charge in [0.15, 0.2) is 5.82 Å². The molecule has 0 amide bonds. The molecule has 7 heteroatoms. The summed E-state index contributed by atoms with van der Waals surface area (Å²) in [4.78, 5) is 4.73. The summed E-state index contributed by atoms with van der Waals surface area (Å²) in [6.07, 6.45) is 9.75. The van der Waals surface area contributed by atoms with E-state index in [-0.39, 0.29) is 0 Å². The summed E-state index contributed by atoms with van der Waals surface area (Å²) in [6.45, 7) is 1.74. The zero-order valence-electron chi connectivity index (χ0n) is 15.8. The minimum atomic E-state index is -3.68. The number of sulfonamides is 1. The molecule has 1 aromatic carbocycles. The predicted octanol–water partition coefficient (Wildman–Crippen LogP) is 3.78. The van der Waals surface area contributed by atoms with Gasteiger partial charge in [0.2, 0.25) is 15.9 Å². The van der Waals surface area contributed by atoms with Gasteiger partial charge in [0, 0.05) is 6.92 Å². The van der Waals surface area contributed by atoms with Crippen LogP contribution in [-0.4, -0.2) is 18.6 Å². The molecule has 1 N–H and O–H groups in total. The summed E-state index contributed by atoms with van der Waals surface area (Å²) in [7, 11) is -3.68. The lowest BCUT2D eigenvalue weighted by molar-refractivity contribution is 0.301. The molecule has 0 bridgehead atoms. The van der Waals surface area contributed by atoms with Crippen molar-refractivity contribution in [2.75, 3.05) is 0 Å². The first-order valence-electron chi connectivity index (χ1n) is 9.95. The van der Waals surface area contributed by atoms with Gasteiger partial charge in [-0.25, -0.2) is 8.42 Å². The van der Waals surface area contributed by atoms with Crippen LogP contribution in [0.3, 0.4) is 0 Å². The first-order chi connectivity index (χ1) is 13.0. The van der Waals surface area contributed by atoms with Crippen molar-refractivity contribution in [2.24, 2.45) is 0 Å². The van der Waals surface area contributed by atoms with Gasteiger partial charge in [-0.1, -0.05) is 36.9 Å². The molecule has 2 aliphatic carbocycles. The molecule has 1 fully saturated rings. The first kappa shape index (κ1) is 18.6. The van der Waals surface area contributed by atoms with Gasteiger partial charge < -0.3 is 4.52 Å². The zero-order valence-corrected chi connectivity index (χ0v) is 16.6. The molecule has 146 valence electrons. The van der Waals surface area contributed by atoms with E-state index in [1.54, 1.807) is 13.0 Å². The number of aromatic nitrogens is 2. The molecule has 0 aliphatic heterocycles. The summed E-state index contributed by atoms with van der Waals surface area (Å²) in [5.41, 5.74) is 1.65. The Labute approximate surface area is 160 Å². The molecule has 1 heterocycles. The smallest absolute Gasteiger partial charge is 0.241 e. The summed E-state index contributed by atoms with van der Waals surface area (Å²) < 4.78 is 34.7. The third-order valence-corrected chi connectivity index (χ3v) is 7.41. The Hall–Kier alpha value is -1.73. The number of rotatable bonds is 4. The van der Waals surface area contributed by atoms with E-state index in [2.05, 4.69) is 14.9 Å². The van der Waals surface area contributed by atoms with Gasteiger partial charge in [-0.15, -0.1) is 0 Å². The normalized spacial score (nSPS) is 20.0. The van der Waals surface area contributed by atoms with Crippen molar-refractivity contribution in [2.45, 2.75) is 81.6 Å². The van der Waals surface area contributed by atoms with E-state index in [1.165, 1.54) is 12.0 Å². The standard InChI is InChI=1S/C20H27N3O3S/c1-15-21-19(22-26-15)20(12-6-2-3-7-13-20)23-27(24,25)18-11-10-16-8-4-5-9-17(16)14-18/h10-11,14,23H,2-9,12-13H2,1H3. The van der Waals surface area contributed by atoms with Gasteiger partial charge >= 0.3 is 0 Å². The van der Waals surface area contributed by atoms with Crippen molar-refractivity contribution >= 4 is 10.0 Å². The van der Waals surface area contributed by atoms with Gasteiger partial charge in [-0.3, -0.25) is 0 Å². The van der Waals surface area contributed by atoms with Crippen molar-refractivity contribution in [1.29, 1.82) is 0 Å². The fourth-order valence-corrected chi connectivity index (χ4v) is 5.86. The molecule has 0 saturated heterocycles. The molecule has 4 rings (SSSR count). The molecule has 0 radical (unpaired) electrons. The van der Waals surface area contributed by atoms with E-state index in [4.69, 9.17) is 4.52 Å². The summed E-state index contributed by atoms with van der Waals surface area (Å²) in [5.74, 6) is 0.921. The highest BCUT2D eigenvalue weighted by Crippen LogP contribution is 2.36. The second-order valence-electron chi connectivity index (χ2n) is 7.88. The van der Waals surface area contributed by atoms with Crippen molar-refractivity contribution < 1.29 is 12.9 Å². The van der Waals surface area contributed by atoms with Crippen LogP contribution in [0.4, 0.5) is 0 Å². The van der Waals surface area contributed by atoms with E-state index < -0.39 is 15.6 Å². The maximum atomic E-state index is 13.3. The molecule has 0 atom stereocenters. The Morgan fingerprint density at radius 3 is 2.37 bits per heavy atom. The summed E-state index contributed by atoms with van der Waals surface area (Å²) in [6, 6.07) is 5.56. The minimum Gasteiger partial charge on any atom is -0.340 e. The largest absolute Gasteiger partial charge is 0.340 e. The molecule has 1 aromatic heterocycles. The van der Waals surface area contributed by atoms with E-state index in [0.717, 1.165) is 50.5 Å². The van der Waals surface area contributed by atoms with Gasteiger partial charge in [-0.2, -0.15) is 9.71 Å². The Morgan fingerprint density at radius 2 is 1.70 bits per heavy atom. The highest BCUT2D eigenvalue weighted by Gasteiger charge is 2.41. The SMILES string of the molecule is Cc1nc(C2(NS(=O)(=O)c3ccc4c(c3)CCCC4)CCCCCC2)no1. The highest BCUT2D eigenvalue weighted by molar-refractivity contribution is 7.89.